The zero-order valence-electron chi connectivity index (χ0n) is 24.2. The fraction of sp³-hybridized carbons (Fsp3) is 0.345. The van der Waals surface area contributed by atoms with Crippen molar-refractivity contribution in [1.29, 1.82) is 0 Å². The molecule has 1 N–H and O–H groups in total. The van der Waals surface area contributed by atoms with Crippen LogP contribution < -0.4 is 18.9 Å². The Bertz CT molecular complexity index is 1780. The predicted octanol–water partition coefficient (Wildman–Crippen LogP) is 6.13. The van der Waals surface area contributed by atoms with Gasteiger partial charge in [-0.3, -0.25) is 19.2 Å². The summed E-state index contributed by atoms with van der Waals surface area (Å²) in [6, 6.07) is 4.41. The first kappa shape index (κ1) is 34.2. The summed E-state index contributed by atoms with van der Waals surface area (Å²) in [4.78, 5) is 52.9. The molecular weight excluding hydrogens is 749 g/mol. The van der Waals surface area contributed by atoms with Gasteiger partial charge in [-0.2, -0.15) is 0 Å². The minimum atomic E-state index is -1.10. The lowest BCUT2D eigenvalue weighted by atomic mass is 10.1. The lowest BCUT2D eigenvalue weighted by Gasteiger charge is -2.14. The largest absolute Gasteiger partial charge is 0.493 e. The molecule has 0 atom stereocenters. The van der Waals surface area contributed by atoms with Crippen LogP contribution in [-0.2, 0) is 9.59 Å². The number of aromatic nitrogens is 1. The number of fused-ring (bicyclic) bond motifs is 2. The number of carbonyl (C=O) groups is 4. The summed E-state index contributed by atoms with van der Waals surface area (Å²) in [5.41, 5.74) is -0.0644. The number of carboxylic acid groups (broad SMARTS) is 1. The van der Waals surface area contributed by atoms with E-state index in [-0.39, 0.29) is 93.0 Å². The van der Waals surface area contributed by atoms with E-state index in [9.17, 15) is 19.2 Å². The molecule has 11 nitrogen and oxygen atoms in total. The quantitative estimate of drug-likeness (QED) is 0.0612. The van der Waals surface area contributed by atoms with Crippen LogP contribution >= 0.6 is 45.3 Å². The zero-order chi connectivity index (χ0) is 32.8. The van der Waals surface area contributed by atoms with Gasteiger partial charge in [-0.05, 0) is 28.7 Å². The van der Waals surface area contributed by atoms with E-state index in [1.165, 1.54) is 44.4 Å². The monoisotopic (exact) mass is 776 g/mol. The number of thiazole rings is 1. The number of ketones is 1. The number of Topliss-reactive ketones (excluding diaryl/α,β-unsaturated/α-hetero) is 1. The van der Waals surface area contributed by atoms with E-state index in [0.29, 0.717) is 9.40 Å². The highest BCUT2D eigenvalue weighted by Crippen LogP contribution is 2.41. The van der Waals surface area contributed by atoms with Gasteiger partial charge in [0.2, 0.25) is 0 Å². The van der Waals surface area contributed by atoms with Crippen molar-refractivity contribution in [2.24, 2.45) is 0 Å². The molecule has 2 aromatic heterocycles. The minimum absolute atomic E-state index is 0.0408. The molecule has 240 valence electrons. The Labute approximate surface area is 277 Å². The number of carbonyl (C=O) groups excluding carboxylic acids is 3. The summed E-state index contributed by atoms with van der Waals surface area (Å²) in [6.07, 6.45) is -0.156. The normalized spacial score (nSPS) is 11.1. The number of ether oxygens (including phenoxy) is 4. The molecule has 0 unspecified atom stereocenters. The first-order chi connectivity index (χ1) is 21.4. The molecule has 0 aliphatic rings. The highest BCUT2D eigenvalue weighted by molar-refractivity contribution is 14.1. The number of hydrogen-bond acceptors (Lipinski definition) is 11. The first-order valence-corrected chi connectivity index (χ1v) is 16.1. The van der Waals surface area contributed by atoms with E-state index in [2.05, 4.69) is 4.98 Å². The third kappa shape index (κ3) is 7.96. The molecule has 0 saturated heterocycles. The van der Waals surface area contributed by atoms with E-state index in [1.54, 1.807) is 22.6 Å². The molecule has 0 aliphatic carbocycles. The van der Waals surface area contributed by atoms with Crippen LogP contribution in [0.25, 0.3) is 20.3 Å². The van der Waals surface area contributed by atoms with Crippen molar-refractivity contribution in [3.05, 3.63) is 39.7 Å². The fourth-order valence-electron chi connectivity index (χ4n) is 4.16. The third-order valence-corrected chi connectivity index (χ3v) is 9.12. The second kappa shape index (κ2) is 15.1. The van der Waals surface area contributed by atoms with Gasteiger partial charge in [-0.1, -0.05) is 0 Å². The van der Waals surface area contributed by atoms with Crippen LogP contribution in [-0.4, -0.2) is 77.5 Å². The standard InChI is InChI=1S/C29H27F2IN2O9S2/c1-34(8-7-21(32)36)29(39)28-33-25-20(45-28)13-17(41-3)27(24(25)31)43-10-4-9-42-26-16(40-2)12-18-14(23(26)30)11-19(44-18)15(35)5-6-22(37)38/h11-13H,4-10H2,1-3H3,(H,37,38). The number of benzene rings is 2. The summed E-state index contributed by atoms with van der Waals surface area (Å²) in [7, 11) is 4.22. The molecule has 0 fully saturated rings. The van der Waals surface area contributed by atoms with E-state index in [4.69, 9.17) is 24.1 Å². The Morgan fingerprint density at radius 2 is 1.53 bits per heavy atom. The number of hydrogen-bond donors (Lipinski definition) is 1. The van der Waals surface area contributed by atoms with Gasteiger partial charge in [0.05, 0.1) is 43.4 Å². The minimum Gasteiger partial charge on any atom is -0.493 e. The topological polar surface area (TPSA) is 142 Å². The van der Waals surface area contributed by atoms with Crippen molar-refractivity contribution in [3.8, 4) is 23.0 Å². The van der Waals surface area contributed by atoms with Gasteiger partial charge in [0.25, 0.3) is 5.91 Å². The lowest BCUT2D eigenvalue weighted by Crippen LogP contribution is -2.28. The van der Waals surface area contributed by atoms with Gasteiger partial charge in [-0.15, -0.1) is 22.7 Å². The van der Waals surface area contributed by atoms with E-state index in [0.717, 1.165) is 22.7 Å². The molecule has 4 aromatic rings. The average Bonchev–Trinajstić information content (AvgIpc) is 3.64. The molecule has 2 aromatic carbocycles. The van der Waals surface area contributed by atoms with Crippen LogP contribution in [0.3, 0.4) is 0 Å². The number of halogens is 3. The second-order valence-corrected chi connectivity index (χ2v) is 12.8. The molecule has 2 heterocycles. The van der Waals surface area contributed by atoms with Crippen LogP contribution in [0.5, 0.6) is 23.0 Å². The molecule has 0 saturated carbocycles. The van der Waals surface area contributed by atoms with E-state index >= 15 is 8.78 Å². The number of amides is 1. The van der Waals surface area contributed by atoms with Crippen LogP contribution in [0.4, 0.5) is 8.78 Å². The van der Waals surface area contributed by atoms with Gasteiger partial charge in [0.1, 0.15) is 5.52 Å². The molecule has 1 amide bonds. The fourth-order valence-corrected chi connectivity index (χ4v) is 6.44. The molecular formula is C29H27F2IN2O9S2. The van der Waals surface area contributed by atoms with Crippen molar-refractivity contribution in [2.45, 2.75) is 25.7 Å². The molecule has 0 spiro atoms. The summed E-state index contributed by atoms with van der Waals surface area (Å²) in [5, 5.41) is 9.02. The molecule has 16 heteroatoms. The van der Waals surface area contributed by atoms with E-state index < -0.39 is 29.3 Å². The van der Waals surface area contributed by atoms with Gasteiger partial charge in [0.15, 0.2) is 49.2 Å². The Kier molecular flexibility index (Phi) is 11.5. The van der Waals surface area contributed by atoms with Crippen molar-refractivity contribution in [3.63, 3.8) is 0 Å². The highest BCUT2D eigenvalue weighted by Gasteiger charge is 2.24. The number of rotatable bonds is 16. The van der Waals surface area contributed by atoms with Crippen molar-refractivity contribution >= 4 is 87.0 Å². The first-order valence-electron chi connectivity index (χ1n) is 13.4. The number of nitrogens with zero attached hydrogens (tertiary/aromatic N) is 2. The lowest BCUT2D eigenvalue weighted by molar-refractivity contribution is -0.137. The molecule has 0 radical (unpaired) electrons. The summed E-state index contributed by atoms with van der Waals surface area (Å²) >= 11 is 3.67. The second-order valence-electron chi connectivity index (χ2n) is 9.53. The summed E-state index contributed by atoms with van der Waals surface area (Å²) in [5.74, 6) is -3.69. The number of carboxylic acids is 1. The molecule has 0 aliphatic heterocycles. The SMILES string of the molecule is COc1cc2sc(C(=O)CCC(=O)O)cc2c(F)c1OCCCOc1c(OC)cc2sc(C(=O)N(C)CCC(=O)I)nc2c1F. The summed E-state index contributed by atoms with van der Waals surface area (Å²) < 4.78 is 53.5. The number of aliphatic carboxylic acids is 1. The molecule has 45 heavy (non-hydrogen) atoms. The average molecular weight is 777 g/mol. The Morgan fingerprint density at radius 1 is 0.911 bits per heavy atom. The van der Waals surface area contributed by atoms with Crippen LogP contribution in [0.1, 0.15) is 45.2 Å². The highest BCUT2D eigenvalue weighted by atomic mass is 127. The van der Waals surface area contributed by atoms with Gasteiger partial charge < -0.3 is 29.0 Å². The molecule has 4 rings (SSSR count). The van der Waals surface area contributed by atoms with Crippen LogP contribution in [0.2, 0.25) is 0 Å². The maximum atomic E-state index is 15.5. The molecule has 0 bridgehead atoms. The maximum Gasteiger partial charge on any atom is 0.303 e. The maximum absolute atomic E-state index is 15.5. The van der Waals surface area contributed by atoms with E-state index in [1.807, 2.05) is 0 Å². The van der Waals surface area contributed by atoms with Crippen molar-refractivity contribution in [2.75, 3.05) is 41.0 Å². The Hall–Kier alpha value is -3.64. The predicted molar refractivity (Wildman–Crippen MR) is 172 cm³/mol. The van der Waals surface area contributed by atoms with Crippen molar-refractivity contribution in [1.82, 2.24) is 9.88 Å². The smallest absolute Gasteiger partial charge is 0.303 e. The third-order valence-electron chi connectivity index (χ3n) is 6.46. The van der Waals surface area contributed by atoms with Crippen LogP contribution in [0, 0.1) is 11.6 Å². The number of thiophene rings is 1. The van der Waals surface area contributed by atoms with Gasteiger partial charge in [0, 0.05) is 55.1 Å². The number of methoxy groups -OCH3 is 2. The Balaban J connectivity index is 1.43. The Morgan fingerprint density at radius 3 is 2.13 bits per heavy atom. The zero-order valence-corrected chi connectivity index (χ0v) is 28.0. The van der Waals surface area contributed by atoms with Crippen LogP contribution in [0.15, 0.2) is 18.2 Å². The van der Waals surface area contributed by atoms with Crippen molar-refractivity contribution < 1.29 is 52.0 Å². The summed E-state index contributed by atoms with van der Waals surface area (Å²) in [6.45, 7) is 0.112. The van der Waals surface area contributed by atoms with Gasteiger partial charge in [-0.25, -0.2) is 13.8 Å². The van der Waals surface area contributed by atoms with Gasteiger partial charge >= 0.3 is 5.97 Å².